The maximum absolute atomic E-state index is 13.1. The molecule has 0 saturated carbocycles. The number of amides is 1. The Morgan fingerprint density at radius 3 is 2.69 bits per heavy atom. The van der Waals surface area contributed by atoms with E-state index in [2.05, 4.69) is 42.6 Å². The molecule has 35 heavy (non-hydrogen) atoms. The fourth-order valence-electron chi connectivity index (χ4n) is 4.58. The highest BCUT2D eigenvalue weighted by atomic mass is 35.5. The smallest absolute Gasteiger partial charge is 0.432 e. The van der Waals surface area contributed by atoms with Gasteiger partial charge in [-0.05, 0) is 66.6 Å². The molecule has 1 aliphatic heterocycles. The van der Waals surface area contributed by atoms with Crippen LogP contribution in [-0.4, -0.2) is 40.0 Å². The lowest BCUT2D eigenvalue weighted by Crippen LogP contribution is -2.37. The molecule has 1 atom stereocenters. The van der Waals surface area contributed by atoms with Crippen LogP contribution >= 0.6 is 11.6 Å². The van der Waals surface area contributed by atoms with Gasteiger partial charge in [0.1, 0.15) is 0 Å². The summed E-state index contributed by atoms with van der Waals surface area (Å²) in [5.74, 6) is -0.192. The van der Waals surface area contributed by atoms with Crippen LogP contribution in [0.3, 0.4) is 0 Å². The third-order valence-electron chi connectivity index (χ3n) is 6.14. The van der Waals surface area contributed by atoms with Gasteiger partial charge in [-0.3, -0.25) is 4.79 Å². The van der Waals surface area contributed by atoms with Crippen LogP contribution in [0.1, 0.15) is 44.7 Å². The van der Waals surface area contributed by atoms with Crippen molar-refractivity contribution < 1.29 is 14.7 Å². The topological polar surface area (TPSA) is 120 Å². The molecule has 4 rings (SSSR count). The number of halogens is 1. The Kier molecular flexibility index (Phi) is 6.84. The third kappa shape index (κ3) is 5.16. The summed E-state index contributed by atoms with van der Waals surface area (Å²) in [6, 6.07) is 10.7. The number of carbonyl (C=O) groups is 2. The molecule has 8 nitrogen and oxygen atoms in total. The molecule has 0 radical (unpaired) electrons. The highest BCUT2D eigenvalue weighted by Crippen LogP contribution is 2.40. The first-order valence-corrected chi connectivity index (χ1v) is 12.0. The van der Waals surface area contributed by atoms with Gasteiger partial charge < -0.3 is 15.7 Å². The van der Waals surface area contributed by atoms with E-state index in [9.17, 15) is 20.0 Å². The van der Waals surface area contributed by atoms with Gasteiger partial charge >= 0.3 is 6.09 Å². The molecule has 182 valence electrons. The van der Waals surface area contributed by atoms with Crippen molar-refractivity contribution in [3.8, 4) is 17.2 Å². The van der Waals surface area contributed by atoms with Gasteiger partial charge in [0, 0.05) is 22.5 Å². The molecule has 1 aliphatic rings. The van der Waals surface area contributed by atoms with E-state index in [1.54, 1.807) is 24.3 Å². The number of carboxylic acid groups (broad SMARTS) is 1. The van der Waals surface area contributed by atoms with Crippen LogP contribution in [0, 0.1) is 22.7 Å². The summed E-state index contributed by atoms with van der Waals surface area (Å²) in [7, 11) is 0. The van der Waals surface area contributed by atoms with Crippen molar-refractivity contribution in [1.82, 2.24) is 15.1 Å². The zero-order valence-electron chi connectivity index (χ0n) is 20.0. The summed E-state index contributed by atoms with van der Waals surface area (Å²) >= 11 is 6.56. The summed E-state index contributed by atoms with van der Waals surface area (Å²) < 4.78 is 0.896. The normalized spacial score (nSPS) is 16.1. The van der Waals surface area contributed by atoms with Crippen LogP contribution in [0.5, 0.6) is 0 Å². The molecule has 9 heteroatoms. The lowest BCUT2D eigenvalue weighted by Gasteiger charge is -2.23. The largest absolute Gasteiger partial charge is 0.463 e. The second-order valence-electron chi connectivity index (χ2n) is 10.1. The number of benzene rings is 2. The molecule has 1 amide bonds. The number of nitriles is 1. The number of nitrogens with zero attached hydrogens (tertiary/aromatic N) is 3. The van der Waals surface area contributed by atoms with E-state index in [1.807, 2.05) is 6.07 Å². The zero-order valence-corrected chi connectivity index (χ0v) is 20.7. The predicted molar refractivity (Wildman–Crippen MR) is 136 cm³/mol. The maximum Gasteiger partial charge on any atom is 0.432 e. The summed E-state index contributed by atoms with van der Waals surface area (Å²) in [6.45, 7) is 7.69. The van der Waals surface area contributed by atoms with Crippen molar-refractivity contribution in [2.45, 2.75) is 40.0 Å². The van der Waals surface area contributed by atoms with E-state index in [0.29, 0.717) is 40.0 Å². The first-order chi connectivity index (χ1) is 16.6. The highest BCUT2D eigenvalue weighted by Gasteiger charge is 2.28. The average molecular weight is 494 g/mol. The molecule has 1 saturated heterocycles. The first-order valence-electron chi connectivity index (χ1n) is 11.6. The molecular weight excluding hydrogens is 466 g/mol. The number of rotatable bonds is 4. The first kappa shape index (κ1) is 24.7. The predicted octanol–water partition coefficient (Wildman–Crippen LogP) is 5.28. The van der Waals surface area contributed by atoms with Crippen molar-refractivity contribution in [2.75, 3.05) is 18.4 Å². The van der Waals surface area contributed by atoms with Gasteiger partial charge in [-0.1, -0.05) is 38.4 Å². The monoisotopic (exact) mass is 493 g/mol. The van der Waals surface area contributed by atoms with E-state index in [0.717, 1.165) is 35.2 Å². The highest BCUT2D eigenvalue weighted by molar-refractivity contribution is 6.33. The van der Waals surface area contributed by atoms with E-state index >= 15 is 0 Å². The lowest BCUT2D eigenvalue weighted by atomic mass is 9.83. The minimum atomic E-state index is -1.24. The van der Waals surface area contributed by atoms with Crippen LogP contribution in [0.2, 0.25) is 5.02 Å². The van der Waals surface area contributed by atoms with Gasteiger partial charge in [0.2, 0.25) is 5.91 Å². The number of nitrogens with one attached hydrogen (secondary N) is 2. The second-order valence-corrected chi connectivity index (χ2v) is 10.5. The Morgan fingerprint density at radius 2 is 2.06 bits per heavy atom. The Balaban J connectivity index is 1.96. The van der Waals surface area contributed by atoms with Gasteiger partial charge in [0.15, 0.2) is 5.82 Å². The Bertz CT molecular complexity index is 1340. The van der Waals surface area contributed by atoms with Crippen molar-refractivity contribution in [3.63, 3.8) is 0 Å². The molecule has 0 aliphatic carbocycles. The van der Waals surface area contributed by atoms with Gasteiger partial charge in [-0.15, -0.1) is 5.10 Å². The van der Waals surface area contributed by atoms with Crippen LogP contribution in [-0.2, 0) is 11.2 Å². The Hall–Kier alpha value is -3.41. The fraction of sp³-hybridized carbons (Fsp3) is 0.385. The molecule has 2 heterocycles. The molecule has 0 unspecified atom stereocenters. The number of hydrogen-bond donors (Lipinski definition) is 3. The zero-order chi connectivity index (χ0) is 25.3. The van der Waals surface area contributed by atoms with Gasteiger partial charge in [0.05, 0.1) is 23.1 Å². The Labute approximate surface area is 208 Å². The number of carbonyl (C=O) groups excluding carboxylic acids is 1. The number of anilines is 1. The van der Waals surface area contributed by atoms with Gasteiger partial charge in [-0.25, -0.2) is 4.79 Å². The Morgan fingerprint density at radius 1 is 1.29 bits per heavy atom. The quantitative estimate of drug-likeness (QED) is 0.454. The van der Waals surface area contributed by atoms with E-state index in [1.165, 1.54) is 0 Å². The number of aromatic nitrogens is 2. The molecule has 1 fully saturated rings. The molecule has 3 N–H and O–H groups in total. The molecule has 3 aromatic rings. The van der Waals surface area contributed by atoms with Crippen molar-refractivity contribution in [2.24, 2.45) is 11.3 Å². The molecule has 0 bridgehead atoms. The van der Waals surface area contributed by atoms with Crippen LogP contribution < -0.4 is 10.6 Å². The number of fused-ring (bicyclic) bond motifs is 1. The minimum absolute atomic E-state index is 0.178. The SMILES string of the molecule is CC(C)(C)Cc1c(-c2cc(C#N)ccc2Cl)ccc2c1c(NC(=O)[C@@H]1CCCNC1)nn2C(=O)O. The summed E-state index contributed by atoms with van der Waals surface area (Å²) in [4.78, 5) is 25.1. The third-order valence-corrected chi connectivity index (χ3v) is 6.47. The number of hydrogen-bond acceptors (Lipinski definition) is 5. The van der Waals surface area contributed by atoms with Crippen molar-refractivity contribution >= 4 is 40.3 Å². The number of piperidine rings is 1. The summed E-state index contributed by atoms with van der Waals surface area (Å²) in [5.41, 5.74) is 2.92. The lowest BCUT2D eigenvalue weighted by molar-refractivity contribution is -0.120. The fourth-order valence-corrected chi connectivity index (χ4v) is 4.79. The maximum atomic E-state index is 13.1. The van der Waals surface area contributed by atoms with E-state index in [4.69, 9.17) is 11.6 Å². The van der Waals surface area contributed by atoms with Crippen molar-refractivity contribution in [1.29, 1.82) is 5.26 Å². The minimum Gasteiger partial charge on any atom is -0.463 e. The second kappa shape index (κ2) is 9.68. The van der Waals surface area contributed by atoms with Gasteiger partial charge in [-0.2, -0.15) is 9.94 Å². The molecule has 2 aromatic carbocycles. The van der Waals surface area contributed by atoms with Crippen LogP contribution in [0.25, 0.3) is 22.0 Å². The molecule has 1 aromatic heterocycles. The molecular formula is C26H28ClN5O3. The standard InChI is InChI=1S/C26H28ClN5O3/c1-26(2,3)12-19-17(18-11-15(13-28)6-8-20(18)27)7-9-21-22(19)23(31-32(21)25(34)35)30-24(33)16-5-4-10-29-14-16/h6-9,11,16,29H,4-5,10,12,14H2,1-3H3,(H,34,35)(H,30,31,33)/t16-/m1/s1. The van der Waals surface area contributed by atoms with E-state index in [-0.39, 0.29) is 23.1 Å². The van der Waals surface area contributed by atoms with E-state index < -0.39 is 6.09 Å². The van der Waals surface area contributed by atoms with Crippen LogP contribution in [0.15, 0.2) is 30.3 Å². The molecule has 0 spiro atoms. The van der Waals surface area contributed by atoms with Crippen LogP contribution in [0.4, 0.5) is 10.6 Å². The average Bonchev–Trinajstić information content (AvgIpc) is 3.18. The van der Waals surface area contributed by atoms with Gasteiger partial charge in [0.25, 0.3) is 0 Å². The van der Waals surface area contributed by atoms with Crippen molar-refractivity contribution in [3.05, 3.63) is 46.5 Å². The summed E-state index contributed by atoms with van der Waals surface area (Å²) in [5, 5.41) is 30.7. The summed E-state index contributed by atoms with van der Waals surface area (Å²) in [6.07, 6.45) is 0.975.